The Morgan fingerprint density at radius 3 is 2.78 bits per heavy atom. The lowest BCUT2D eigenvalue weighted by Gasteiger charge is -2.36. The Balaban J connectivity index is 1.72. The van der Waals surface area contributed by atoms with E-state index < -0.39 is 0 Å². The summed E-state index contributed by atoms with van der Waals surface area (Å²) in [7, 11) is 0. The minimum Gasteiger partial charge on any atom is -0.370 e. The maximum absolute atomic E-state index is 11.6. The number of amides is 1. The lowest BCUT2D eigenvalue weighted by molar-refractivity contribution is -0.122. The molecule has 27 heavy (non-hydrogen) atoms. The van der Waals surface area contributed by atoms with E-state index in [0.717, 1.165) is 44.2 Å². The third kappa shape index (κ3) is 5.19. The van der Waals surface area contributed by atoms with E-state index in [2.05, 4.69) is 53.2 Å². The maximum Gasteiger partial charge on any atom is 0.217 e. The standard InChI is InChI=1S/C22H31N3O2/c1-4-12-25-16(2)21(15-23-25)22-14-19(24-17(3)26)13-20(27-22)11-10-18-8-6-5-7-9-18/h5-9,15,19-20,22H,4,10-14H2,1-3H3,(H,24,26)/t19-,20+,22+/m1/s1. The van der Waals surface area contributed by atoms with Crippen molar-refractivity contribution in [2.75, 3.05) is 0 Å². The first kappa shape index (κ1) is 19.6. The van der Waals surface area contributed by atoms with Crippen molar-refractivity contribution in [2.45, 2.75) is 77.7 Å². The van der Waals surface area contributed by atoms with Crippen LogP contribution in [0, 0.1) is 6.92 Å². The van der Waals surface area contributed by atoms with Gasteiger partial charge in [0.15, 0.2) is 0 Å². The molecule has 0 bridgehead atoms. The van der Waals surface area contributed by atoms with Crippen LogP contribution < -0.4 is 5.32 Å². The number of rotatable bonds is 7. The number of carbonyl (C=O) groups excluding carboxylic acids is 1. The third-order valence-electron chi connectivity index (χ3n) is 5.33. The summed E-state index contributed by atoms with van der Waals surface area (Å²) in [6.45, 7) is 6.78. The maximum atomic E-state index is 11.6. The minimum atomic E-state index is -0.0121. The number of hydrogen-bond acceptors (Lipinski definition) is 3. The van der Waals surface area contributed by atoms with E-state index in [1.165, 1.54) is 11.3 Å². The van der Waals surface area contributed by atoms with Crippen LogP contribution in [-0.2, 0) is 22.5 Å². The molecule has 0 spiro atoms. The average molecular weight is 370 g/mol. The Kier molecular flexibility index (Phi) is 6.67. The van der Waals surface area contributed by atoms with Crippen molar-refractivity contribution < 1.29 is 9.53 Å². The zero-order valence-electron chi connectivity index (χ0n) is 16.6. The summed E-state index contributed by atoms with van der Waals surface area (Å²) >= 11 is 0. The fourth-order valence-corrected chi connectivity index (χ4v) is 3.99. The second-order valence-electron chi connectivity index (χ2n) is 7.55. The van der Waals surface area contributed by atoms with Gasteiger partial charge in [0.05, 0.1) is 18.4 Å². The SMILES string of the molecule is CCCn1ncc([C@@H]2C[C@H](NC(C)=O)C[C@H](CCc3ccccc3)O2)c1C. The largest absolute Gasteiger partial charge is 0.370 e. The van der Waals surface area contributed by atoms with Crippen LogP contribution in [-0.4, -0.2) is 27.8 Å². The highest BCUT2D eigenvalue weighted by molar-refractivity contribution is 5.73. The molecule has 1 fully saturated rings. The summed E-state index contributed by atoms with van der Waals surface area (Å²) in [6.07, 6.45) is 6.74. The number of carbonyl (C=O) groups is 1. The third-order valence-corrected chi connectivity index (χ3v) is 5.33. The molecular formula is C22H31N3O2. The second-order valence-corrected chi connectivity index (χ2v) is 7.55. The van der Waals surface area contributed by atoms with Crippen LogP contribution in [0.4, 0.5) is 0 Å². The highest BCUT2D eigenvalue weighted by Gasteiger charge is 2.32. The molecule has 3 rings (SSSR count). The number of nitrogens with zero attached hydrogens (tertiary/aromatic N) is 2. The van der Waals surface area contributed by atoms with Crippen molar-refractivity contribution in [3.05, 3.63) is 53.3 Å². The van der Waals surface area contributed by atoms with Gasteiger partial charge in [-0.15, -0.1) is 0 Å². The van der Waals surface area contributed by atoms with Crippen LogP contribution in [0.1, 0.15) is 62.5 Å². The number of ether oxygens (including phenoxy) is 1. The van der Waals surface area contributed by atoms with Crippen LogP contribution >= 0.6 is 0 Å². The van der Waals surface area contributed by atoms with E-state index in [-0.39, 0.29) is 24.2 Å². The van der Waals surface area contributed by atoms with Gasteiger partial charge in [-0.3, -0.25) is 9.48 Å². The van der Waals surface area contributed by atoms with Gasteiger partial charge in [-0.25, -0.2) is 0 Å². The number of hydrogen-bond donors (Lipinski definition) is 1. The van der Waals surface area contributed by atoms with Crippen LogP contribution in [0.2, 0.25) is 0 Å². The zero-order valence-corrected chi connectivity index (χ0v) is 16.6. The molecule has 146 valence electrons. The van der Waals surface area contributed by atoms with Gasteiger partial charge in [0.1, 0.15) is 0 Å². The van der Waals surface area contributed by atoms with Crippen LogP contribution in [0.25, 0.3) is 0 Å². The summed E-state index contributed by atoms with van der Waals surface area (Å²) in [4.78, 5) is 11.6. The number of benzene rings is 1. The lowest BCUT2D eigenvalue weighted by atomic mass is 9.92. The summed E-state index contributed by atoms with van der Waals surface area (Å²) in [5.41, 5.74) is 3.65. The topological polar surface area (TPSA) is 56.2 Å². The van der Waals surface area contributed by atoms with E-state index in [9.17, 15) is 4.79 Å². The molecule has 1 N–H and O–H groups in total. The van der Waals surface area contributed by atoms with Crippen LogP contribution in [0.5, 0.6) is 0 Å². The van der Waals surface area contributed by atoms with Gasteiger partial charge < -0.3 is 10.1 Å². The highest BCUT2D eigenvalue weighted by Crippen LogP contribution is 2.34. The van der Waals surface area contributed by atoms with Crippen LogP contribution in [0.3, 0.4) is 0 Å². The summed E-state index contributed by atoms with van der Waals surface area (Å²) < 4.78 is 8.53. The quantitative estimate of drug-likeness (QED) is 0.804. The molecular weight excluding hydrogens is 338 g/mol. The molecule has 1 saturated heterocycles. The van der Waals surface area contributed by atoms with Crippen molar-refractivity contribution in [3.8, 4) is 0 Å². The van der Waals surface area contributed by atoms with Gasteiger partial charge in [-0.1, -0.05) is 37.3 Å². The molecule has 1 aliphatic heterocycles. The molecule has 5 nitrogen and oxygen atoms in total. The number of nitrogens with one attached hydrogen (secondary N) is 1. The van der Waals surface area contributed by atoms with E-state index in [1.807, 2.05) is 12.3 Å². The van der Waals surface area contributed by atoms with Gasteiger partial charge in [-0.2, -0.15) is 5.10 Å². The van der Waals surface area contributed by atoms with E-state index in [4.69, 9.17) is 4.74 Å². The lowest BCUT2D eigenvalue weighted by Crippen LogP contribution is -2.42. The van der Waals surface area contributed by atoms with Crippen molar-refractivity contribution >= 4 is 5.91 Å². The molecule has 0 saturated carbocycles. The number of aromatic nitrogens is 2. The molecule has 1 aromatic carbocycles. The number of aryl methyl sites for hydroxylation is 2. The predicted molar refractivity (Wildman–Crippen MR) is 106 cm³/mol. The molecule has 5 heteroatoms. The molecule has 2 aromatic rings. The smallest absolute Gasteiger partial charge is 0.217 e. The van der Waals surface area contributed by atoms with E-state index in [1.54, 1.807) is 6.92 Å². The highest BCUT2D eigenvalue weighted by atomic mass is 16.5. The first-order valence-electron chi connectivity index (χ1n) is 10.1. The molecule has 1 amide bonds. The summed E-state index contributed by atoms with van der Waals surface area (Å²) in [5, 5.41) is 7.65. The average Bonchev–Trinajstić information content (AvgIpc) is 3.01. The van der Waals surface area contributed by atoms with Crippen molar-refractivity contribution in [1.29, 1.82) is 0 Å². The van der Waals surface area contributed by atoms with Crippen molar-refractivity contribution in [2.24, 2.45) is 0 Å². The molecule has 0 unspecified atom stereocenters. The van der Waals surface area contributed by atoms with Gasteiger partial charge >= 0.3 is 0 Å². The van der Waals surface area contributed by atoms with Gasteiger partial charge in [0.2, 0.25) is 5.91 Å². The summed E-state index contributed by atoms with van der Waals surface area (Å²) in [6, 6.07) is 10.7. The Labute approximate surface area is 162 Å². The fraction of sp³-hybridized carbons (Fsp3) is 0.545. The first-order valence-corrected chi connectivity index (χ1v) is 10.1. The molecule has 1 aromatic heterocycles. The minimum absolute atomic E-state index is 0.0121. The second kappa shape index (κ2) is 9.18. The molecule has 2 heterocycles. The predicted octanol–water partition coefficient (Wildman–Crippen LogP) is 3.96. The Hall–Kier alpha value is -2.14. The van der Waals surface area contributed by atoms with Crippen molar-refractivity contribution in [3.63, 3.8) is 0 Å². The van der Waals surface area contributed by atoms with E-state index >= 15 is 0 Å². The fourth-order valence-electron chi connectivity index (χ4n) is 3.99. The monoisotopic (exact) mass is 369 g/mol. The van der Waals surface area contributed by atoms with Gasteiger partial charge in [0, 0.05) is 30.8 Å². The first-order chi connectivity index (χ1) is 13.1. The molecule has 3 atom stereocenters. The zero-order chi connectivity index (χ0) is 19.2. The van der Waals surface area contributed by atoms with Crippen LogP contribution in [0.15, 0.2) is 36.5 Å². The Bertz CT molecular complexity index is 741. The molecule has 1 aliphatic rings. The van der Waals surface area contributed by atoms with E-state index in [0.29, 0.717) is 0 Å². The Morgan fingerprint density at radius 1 is 1.30 bits per heavy atom. The normalized spacial score (nSPS) is 22.6. The van der Waals surface area contributed by atoms with Gasteiger partial charge in [0.25, 0.3) is 0 Å². The van der Waals surface area contributed by atoms with Crippen molar-refractivity contribution in [1.82, 2.24) is 15.1 Å². The molecule has 0 aliphatic carbocycles. The van der Waals surface area contributed by atoms with Gasteiger partial charge in [-0.05, 0) is 44.6 Å². The molecule has 0 radical (unpaired) electrons. The summed E-state index contributed by atoms with van der Waals surface area (Å²) in [5.74, 6) is 0.0286. The Morgan fingerprint density at radius 2 is 2.07 bits per heavy atom.